The summed E-state index contributed by atoms with van der Waals surface area (Å²) in [7, 11) is 0. The summed E-state index contributed by atoms with van der Waals surface area (Å²) >= 11 is 0. The van der Waals surface area contributed by atoms with E-state index in [2.05, 4.69) is 4.98 Å². The average Bonchev–Trinajstić information content (AvgIpc) is 2.28. The molecule has 1 aromatic heterocycles. The summed E-state index contributed by atoms with van der Waals surface area (Å²) in [5.41, 5.74) is 6.06. The number of nitrogen functional groups attached to an aromatic ring is 1. The van der Waals surface area contributed by atoms with E-state index in [0.29, 0.717) is 16.9 Å². The van der Waals surface area contributed by atoms with Crippen LogP contribution in [0.2, 0.25) is 0 Å². The molecule has 1 aromatic carbocycles. The molecule has 94 valence electrons. The monoisotopic (exact) mass is 252 g/mol. The zero-order chi connectivity index (χ0) is 13.3. The highest BCUT2D eigenvalue weighted by Gasteiger charge is 2.33. The van der Waals surface area contributed by atoms with Crippen molar-refractivity contribution in [3.8, 4) is 11.1 Å². The molecule has 0 atom stereocenters. The zero-order valence-electron chi connectivity index (χ0n) is 9.62. The van der Waals surface area contributed by atoms with E-state index in [-0.39, 0.29) is 5.56 Å². The molecule has 2 rings (SSSR count). The molecule has 0 unspecified atom stereocenters. The fourth-order valence-corrected chi connectivity index (χ4v) is 1.82. The number of aryl methyl sites for hydroxylation is 1. The van der Waals surface area contributed by atoms with Gasteiger partial charge in [0.05, 0.1) is 5.56 Å². The first-order valence-corrected chi connectivity index (χ1v) is 5.28. The van der Waals surface area contributed by atoms with Crippen molar-refractivity contribution in [2.45, 2.75) is 13.1 Å². The summed E-state index contributed by atoms with van der Waals surface area (Å²) in [6.45, 7) is 1.71. The van der Waals surface area contributed by atoms with Gasteiger partial charge in [-0.05, 0) is 30.2 Å². The van der Waals surface area contributed by atoms with Crippen molar-refractivity contribution in [1.29, 1.82) is 0 Å². The molecule has 18 heavy (non-hydrogen) atoms. The molecule has 0 aliphatic rings. The topological polar surface area (TPSA) is 38.9 Å². The second kappa shape index (κ2) is 4.33. The second-order valence-corrected chi connectivity index (χ2v) is 3.97. The fourth-order valence-electron chi connectivity index (χ4n) is 1.82. The Balaban J connectivity index is 2.64. The first kappa shape index (κ1) is 12.4. The minimum Gasteiger partial charge on any atom is -0.384 e. The van der Waals surface area contributed by atoms with Crippen LogP contribution in [0.1, 0.15) is 11.1 Å². The summed E-state index contributed by atoms with van der Waals surface area (Å²) in [5, 5.41) is 0. The SMILES string of the molecule is Cc1cc(N)ncc1-c1ccccc1C(F)(F)F. The third kappa shape index (κ3) is 2.30. The van der Waals surface area contributed by atoms with Gasteiger partial charge in [-0.1, -0.05) is 18.2 Å². The Morgan fingerprint density at radius 3 is 2.39 bits per heavy atom. The molecule has 0 saturated carbocycles. The van der Waals surface area contributed by atoms with Crippen LogP contribution in [0.4, 0.5) is 19.0 Å². The minimum atomic E-state index is -4.38. The van der Waals surface area contributed by atoms with Gasteiger partial charge in [0.1, 0.15) is 5.82 Å². The van der Waals surface area contributed by atoms with E-state index in [9.17, 15) is 13.2 Å². The molecule has 0 aliphatic heterocycles. The van der Waals surface area contributed by atoms with Gasteiger partial charge in [0.15, 0.2) is 0 Å². The lowest BCUT2D eigenvalue weighted by atomic mass is 9.97. The molecule has 5 heteroatoms. The molecule has 0 aliphatic carbocycles. The van der Waals surface area contributed by atoms with Crippen LogP contribution in [0.5, 0.6) is 0 Å². The molecule has 0 bridgehead atoms. The molecule has 0 spiro atoms. The number of alkyl halides is 3. The quantitative estimate of drug-likeness (QED) is 0.841. The molecule has 1 heterocycles. The normalized spacial score (nSPS) is 11.6. The van der Waals surface area contributed by atoms with Crippen LogP contribution in [0.25, 0.3) is 11.1 Å². The number of nitrogens with zero attached hydrogens (tertiary/aromatic N) is 1. The average molecular weight is 252 g/mol. The minimum absolute atomic E-state index is 0.120. The van der Waals surface area contributed by atoms with Crippen LogP contribution in [-0.2, 0) is 6.18 Å². The predicted octanol–water partition coefficient (Wildman–Crippen LogP) is 3.66. The second-order valence-electron chi connectivity index (χ2n) is 3.97. The van der Waals surface area contributed by atoms with Crippen molar-refractivity contribution in [1.82, 2.24) is 4.98 Å². The molecule has 0 saturated heterocycles. The molecule has 2 nitrogen and oxygen atoms in total. The largest absolute Gasteiger partial charge is 0.417 e. The molecule has 0 amide bonds. The smallest absolute Gasteiger partial charge is 0.384 e. The number of aromatic nitrogens is 1. The van der Waals surface area contributed by atoms with Crippen molar-refractivity contribution in [2.24, 2.45) is 0 Å². The van der Waals surface area contributed by atoms with Gasteiger partial charge >= 0.3 is 6.18 Å². The number of halogens is 3. The van der Waals surface area contributed by atoms with Crippen molar-refractivity contribution in [2.75, 3.05) is 5.73 Å². The number of benzene rings is 1. The number of pyridine rings is 1. The van der Waals surface area contributed by atoms with Gasteiger partial charge < -0.3 is 5.73 Å². The molecular formula is C13H11F3N2. The van der Waals surface area contributed by atoms with E-state index < -0.39 is 11.7 Å². The maximum atomic E-state index is 12.9. The summed E-state index contributed by atoms with van der Waals surface area (Å²) in [5.74, 6) is 0.292. The lowest BCUT2D eigenvalue weighted by Crippen LogP contribution is -2.07. The van der Waals surface area contributed by atoms with Crippen LogP contribution in [0.3, 0.4) is 0 Å². The van der Waals surface area contributed by atoms with Crippen molar-refractivity contribution >= 4 is 5.82 Å². The van der Waals surface area contributed by atoms with Crippen LogP contribution < -0.4 is 5.73 Å². The van der Waals surface area contributed by atoms with Crippen molar-refractivity contribution < 1.29 is 13.2 Å². The van der Waals surface area contributed by atoms with Crippen LogP contribution in [0.15, 0.2) is 36.5 Å². The van der Waals surface area contributed by atoms with E-state index in [1.165, 1.54) is 18.3 Å². The Hall–Kier alpha value is -2.04. The number of hydrogen-bond acceptors (Lipinski definition) is 2. The van der Waals surface area contributed by atoms with Crippen molar-refractivity contribution in [3.63, 3.8) is 0 Å². The molecule has 2 N–H and O–H groups in total. The Morgan fingerprint density at radius 1 is 1.11 bits per heavy atom. The molecule has 0 radical (unpaired) electrons. The Labute approximate surface area is 102 Å². The lowest BCUT2D eigenvalue weighted by molar-refractivity contribution is -0.137. The highest BCUT2D eigenvalue weighted by Crippen LogP contribution is 2.37. The Kier molecular flexibility index (Phi) is 2.98. The summed E-state index contributed by atoms with van der Waals surface area (Å²) in [4.78, 5) is 3.85. The molecular weight excluding hydrogens is 241 g/mol. The standard InChI is InChI=1S/C13H11F3N2/c1-8-6-12(17)18-7-10(8)9-4-2-3-5-11(9)13(14,15)16/h2-7H,1H3,(H2,17,18). The van der Waals surface area contributed by atoms with Gasteiger partial charge in [0.2, 0.25) is 0 Å². The van der Waals surface area contributed by atoms with Crippen LogP contribution in [0, 0.1) is 6.92 Å². The van der Waals surface area contributed by atoms with Gasteiger partial charge in [-0.3, -0.25) is 0 Å². The molecule has 2 aromatic rings. The first-order chi connectivity index (χ1) is 8.39. The number of anilines is 1. The summed E-state index contributed by atoms with van der Waals surface area (Å²) in [6.07, 6.45) is -3.01. The highest BCUT2D eigenvalue weighted by atomic mass is 19.4. The highest BCUT2D eigenvalue weighted by molar-refractivity contribution is 5.71. The fraction of sp³-hybridized carbons (Fsp3) is 0.154. The summed E-state index contributed by atoms with van der Waals surface area (Å²) in [6, 6.07) is 6.99. The summed E-state index contributed by atoms with van der Waals surface area (Å²) < 4.78 is 38.7. The van der Waals surface area contributed by atoms with Gasteiger partial charge in [0.25, 0.3) is 0 Å². The van der Waals surface area contributed by atoms with Crippen molar-refractivity contribution in [3.05, 3.63) is 47.7 Å². The van der Waals surface area contributed by atoms with Crippen LogP contribution in [-0.4, -0.2) is 4.98 Å². The van der Waals surface area contributed by atoms with E-state index in [0.717, 1.165) is 6.07 Å². The Bertz CT molecular complexity index is 577. The third-order valence-electron chi connectivity index (χ3n) is 2.65. The van der Waals surface area contributed by atoms with E-state index in [1.807, 2.05) is 0 Å². The lowest BCUT2D eigenvalue weighted by Gasteiger charge is -2.14. The van der Waals surface area contributed by atoms with Gasteiger partial charge in [-0.25, -0.2) is 4.98 Å². The third-order valence-corrected chi connectivity index (χ3v) is 2.65. The van der Waals surface area contributed by atoms with Gasteiger partial charge in [-0.2, -0.15) is 13.2 Å². The maximum Gasteiger partial charge on any atom is 0.417 e. The number of hydrogen-bond donors (Lipinski definition) is 1. The number of rotatable bonds is 1. The zero-order valence-corrected chi connectivity index (χ0v) is 9.62. The van der Waals surface area contributed by atoms with Gasteiger partial charge in [-0.15, -0.1) is 0 Å². The Morgan fingerprint density at radius 2 is 1.78 bits per heavy atom. The van der Waals surface area contributed by atoms with E-state index in [1.54, 1.807) is 19.1 Å². The van der Waals surface area contributed by atoms with E-state index in [4.69, 9.17) is 5.73 Å². The maximum absolute atomic E-state index is 12.9. The van der Waals surface area contributed by atoms with Crippen LogP contribution >= 0.6 is 0 Å². The van der Waals surface area contributed by atoms with E-state index >= 15 is 0 Å². The first-order valence-electron chi connectivity index (χ1n) is 5.28. The predicted molar refractivity (Wildman–Crippen MR) is 63.8 cm³/mol. The van der Waals surface area contributed by atoms with Gasteiger partial charge in [0, 0.05) is 11.8 Å². The number of nitrogens with two attached hydrogens (primary N) is 1. The molecule has 0 fully saturated rings.